The molecule has 0 saturated carbocycles. The SMILES string of the molecule is CNC(=O)C(=O)Nc1c(F)cccc1F. The first-order valence-electron chi connectivity index (χ1n) is 4.03. The molecule has 0 spiro atoms. The van der Waals surface area contributed by atoms with Gasteiger partial charge in [0.05, 0.1) is 0 Å². The van der Waals surface area contributed by atoms with E-state index in [1.165, 1.54) is 7.05 Å². The van der Waals surface area contributed by atoms with Crippen molar-refractivity contribution in [3.8, 4) is 0 Å². The zero-order valence-electron chi connectivity index (χ0n) is 7.80. The van der Waals surface area contributed by atoms with Gasteiger partial charge in [-0.2, -0.15) is 0 Å². The molecule has 0 bridgehead atoms. The number of anilines is 1. The van der Waals surface area contributed by atoms with Gasteiger partial charge >= 0.3 is 11.8 Å². The number of hydrogen-bond donors (Lipinski definition) is 2. The van der Waals surface area contributed by atoms with Crippen LogP contribution in [0.3, 0.4) is 0 Å². The normalized spacial score (nSPS) is 9.53. The van der Waals surface area contributed by atoms with Crippen molar-refractivity contribution in [2.45, 2.75) is 0 Å². The summed E-state index contributed by atoms with van der Waals surface area (Å²) < 4.78 is 26.0. The lowest BCUT2D eigenvalue weighted by atomic mass is 10.3. The van der Waals surface area contributed by atoms with Gasteiger partial charge in [0.2, 0.25) is 0 Å². The Morgan fingerprint density at radius 2 is 1.67 bits per heavy atom. The van der Waals surface area contributed by atoms with E-state index in [4.69, 9.17) is 0 Å². The van der Waals surface area contributed by atoms with Crippen LogP contribution in [0.2, 0.25) is 0 Å². The number of amides is 2. The molecule has 6 heteroatoms. The maximum atomic E-state index is 13.0. The Morgan fingerprint density at radius 1 is 1.13 bits per heavy atom. The van der Waals surface area contributed by atoms with E-state index in [2.05, 4.69) is 0 Å². The molecular formula is C9H8F2N2O2. The quantitative estimate of drug-likeness (QED) is 0.674. The van der Waals surface area contributed by atoms with Crippen LogP contribution in [0.4, 0.5) is 14.5 Å². The van der Waals surface area contributed by atoms with Crippen molar-refractivity contribution in [3.63, 3.8) is 0 Å². The summed E-state index contributed by atoms with van der Waals surface area (Å²) in [5, 5.41) is 3.86. The zero-order valence-corrected chi connectivity index (χ0v) is 7.80. The summed E-state index contributed by atoms with van der Waals surface area (Å²) in [4.78, 5) is 21.8. The Balaban J connectivity index is 2.90. The average molecular weight is 214 g/mol. The third kappa shape index (κ3) is 2.49. The third-order valence-electron chi connectivity index (χ3n) is 1.63. The van der Waals surface area contributed by atoms with Crippen LogP contribution in [0.25, 0.3) is 0 Å². The van der Waals surface area contributed by atoms with Crippen LogP contribution in [0, 0.1) is 11.6 Å². The minimum atomic E-state index is -1.12. The first-order chi connectivity index (χ1) is 7.06. The van der Waals surface area contributed by atoms with Crippen molar-refractivity contribution in [2.75, 3.05) is 12.4 Å². The molecule has 80 valence electrons. The summed E-state index contributed by atoms with van der Waals surface area (Å²) in [6.45, 7) is 0. The summed E-state index contributed by atoms with van der Waals surface area (Å²) in [6.07, 6.45) is 0. The Bertz CT molecular complexity index is 387. The molecule has 0 atom stereocenters. The molecule has 0 aliphatic carbocycles. The number of hydrogen-bond acceptors (Lipinski definition) is 2. The van der Waals surface area contributed by atoms with Gasteiger partial charge in [0.15, 0.2) is 0 Å². The van der Waals surface area contributed by atoms with Gasteiger partial charge in [-0.3, -0.25) is 9.59 Å². The van der Waals surface area contributed by atoms with E-state index in [1.54, 1.807) is 0 Å². The molecule has 0 unspecified atom stereocenters. The Morgan fingerprint density at radius 3 is 2.13 bits per heavy atom. The van der Waals surface area contributed by atoms with Gasteiger partial charge in [-0.1, -0.05) is 6.07 Å². The monoisotopic (exact) mass is 214 g/mol. The van der Waals surface area contributed by atoms with Crippen molar-refractivity contribution < 1.29 is 18.4 Å². The lowest BCUT2D eigenvalue weighted by Gasteiger charge is -2.05. The highest BCUT2D eigenvalue weighted by atomic mass is 19.1. The van der Waals surface area contributed by atoms with E-state index in [0.29, 0.717) is 0 Å². The molecule has 0 fully saturated rings. The lowest BCUT2D eigenvalue weighted by molar-refractivity contribution is -0.135. The largest absolute Gasteiger partial charge is 0.351 e. The molecule has 0 radical (unpaired) electrons. The number of halogens is 2. The fraction of sp³-hybridized carbons (Fsp3) is 0.111. The fourth-order valence-corrected chi connectivity index (χ4v) is 0.901. The van der Waals surface area contributed by atoms with Gasteiger partial charge in [-0.05, 0) is 12.1 Å². The molecular weight excluding hydrogens is 206 g/mol. The number of para-hydroxylation sites is 1. The molecule has 4 nitrogen and oxygen atoms in total. The van der Waals surface area contributed by atoms with Crippen LogP contribution in [0.1, 0.15) is 0 Å². The van der Waals surface area contributed by atoms with Crippen molar-refractivity contribution in [1.29, 1.82) is 0 Å². The molecule has 2 N–H and O–H groups in total. The standard InChI is InChI=1S/C9H8F2N2O2/c1-12-8(14)9(15)13-7-5(10)3-2-4-6(7)11/h2-4H,1H3,(H,12,14)(H,13,15). The maximum absolute atomic E-state index is 13.0. The second kappa shape index (κ2) is 4.50. The Hall–Kier alpha value is -1.98. The molecule has 0 saturated heterocycles. The predicted octanol–water partition coefficient (Wildman–Crippen LogP) is 0.649. The summed E-state index contributed by atoms with van der Waals surface area (Å²) in [5.41, 5.74) is -0.633. The van der Waals surface area contributed by atoms with Crippen LogP contribution >= 0.6 is 0 Å². The van der Waals surface area contributed by atoms with Gasteiger partial charge < -0.3 is 10.6 Å². The minimum Gasteiger partial charge on any atom is -0.351 e. The average Bonchev–Trinajstić information content (AvgIpc) is 2.22. The van der Waals surface area contributed by atoms with Crippen LogP contribution in [-0.4, -0.2) is 18.9 Å². The van der Waals surface area contributed by atoms with Crippen LogP contribution in [0.15, 0.2) is 18.2 Å². The van der Waals surface area contributed by atoms with Gasteiger partial charge in [0.25, 0.3) is 0 Å². The molecule has 0 heterocycles. The molecule has 15 heavy (non-hydrogen) atoms. The summed E-state index contributed by atoms with van der Waals surface area (Å²) in [5.74, 6) is -3.97. The maximum Gasteiger partial charge on any atom is 0.313 e. The lowest BCUT2D eigenvalue weighted by Crippen LogP contribution is -2.33. The molecule has 1 aromatic rings. The molecule has 0 aliphatic rings. The first-order valence-corrected chi connectivity index (χ1v) is 4.03. The highest BCUT2D eigenvalue weighted by Crippen LogP contribution is 2.17. The third-order valence-corrected chi connectivity index (χ3v) is 1.63. The van der Waals surface area contributed by atoms with Gasteiger partial charge in [0, 0.05) is 7.05 Å². The van der Waals surface area contributed by atoms with E-state index in [-0.39, 0.29) is 0 Å². The predicted molar refractivity (Wildman–Crippen MR) is 49.1 cm³/mol. The smallest absolute Gasteiger partial charge is 0.313 e. The first kappa shape index (κ1) is 11.1. The van der Waals surface area contributed by atoms with Gasteiger partial charge in [0.1, 0.15) is 17.3 Å². The highest BCUT2D eigenvalue weighted by molar-refractivity contribution is 6.39. The summed E-state index contributed by atoms with van der Waals surface area (Å²) in [7, 11) is 1.24. The number of nitrogens with one attached hydrogen (secondary N) is 2. The highest BCUT2D eigenvalue weighted by Gasteiger charge is 2.16. The molecule has 1 aromatic carbocycles. The summed E-state index contributed by atoms with van der Waals surface area (Å²) in [6, 6.07) is 3.10. The van der Waals surface area contributed by atoms with Crippen LogP contribution in [-0.2, 0) is 9.59 Å². The number of carbonyl (C=O) groups excluding carboxylic acids is 2. The second-order valence-electron chi connectivity index (χ2n) is 2.63. The number of carbonyl (C=O) groups is 2. The fourth-order valence-electron chi connectivity index (χ4n) is 0.901. The summed E-state index contributed by atoms with van der Waals surface area (Å²) >= 11 is 0. The van der Waals surface area contributed by atoms with E-state index in [9.17, 15) is 18.4 Å². The van der Waals surface area contributed by atoms with Gasteiger partial charge in [-0.15, -0.1) is 0 Å². The zero-order chi connectivity index (χ0) is 11.4. The van der Waals surface area contributed by atoms with Crippen molar-refractivity contribution in [2.24, 2.45) is 0 Å². The molecule has 2 amide bonds. The van der Waals surface area contributed by atoms with E-state index >= 15 is 0 Å². The number of benzene rings is 1. The van der Waals surface area contributed by atoms with E-state index < -0.39 is 29.1 Å². The second-order valence-corrected chi connectivity index (χ2v) is 2.63. The van der Waals surface area contributed by atoms with Crippen molar-refractivity contribution >= 4 is 17.5 Å². The van der Waals surface area contributed by atoms with Crippen LogP contribution in [0.5, 0.6) is 0 Å². The Labute approximate surface area is 84.3 Å². The van der Waals surface area contributed by atoms with Crippen molar-refractivity contribution in [3.05, 3.63) is 29.8 Å². The molecule has 0 aliphatic heterocycles. The van der Waals surface area contributed by atoms with Gasteiger partial charge in [-0.25, -0.2) is 8.78 Å². The van der Waals surface area contributed by atoms with Crippen LogP contribution < -0.4 is 10.6 Å². The number of likely N-dealkylation sites (N-methyl/N-ethyl adjacent to an activating group) is 1. The molecule has 0 aromatic heterocycles. The number of rotatable bonds is 1. The minimum absolute atomic E-state index is 0.633. The van der Waals surface area contributed by atoms with E-state index in [1.807, 2.05) is 10.6 Å². The Kier molecular flexibility index (Phi) is 3.33. The van der Waals surface area contributed by atoms with E-state index in [0.717, 1.165) is 18.2 Å². The molecule has 1 rings (SSSR count). The topological polar surface area (TPSA) is 58.2 Å². The van der Waals surface area contributed by atoms with Crippen molar-refractivity contribution in [1.82, 2.24) is 5.32 Å².